The number of halogens is 1. The molecule has 0 bridgehead atoms. The molecule has 0 fully saturated rings. The summed E-state index contributed by atoms with van der Waals surface area (Å²) in [5.74, 6) is 0.112. The molecular weight excluding hydrogens is 262 g/mol. The van der Waals surface area contributed by atoms with Gasteiger partial charge in [-0.3, -0.25) is 4.79 Å². The lowest BCUT2D eigenvalue weighted by Crippen LogP contribution is -2.14. The third kappa shape index (κ3) is 2.90. The Bertz CT molecular complexity index is 659. The predicted molar refractivity (Wildman–Crippen MR) is 73.1 cm³/mol. The third-order valence-corrected chi connectivity index (χ3v) is 3.06. The zero-order valence-corrected chi connectivity index (χ0v) is 10.9. The molecule has 2 rings (SSSR count). The van der Waals surface area contributed by atoms with Gasteiger partial charge in [-0.1, -0.05) is 17.7 Å². The van der Waals surface area contributed by atoms with Gasteiger partial charge in [-0.05, 0) is 36.8 Å². The molecule has 1 heterocycles. The number of carbonyl (C=O) groups excluding carboxylic acids is 1. The summed E-state index contributed by atoms with van der Waals surface area (Å²) in [6.07, 6.45) is 1.40. The van der Waals surface area contributed by atoms with Crippen molar-refractivity contribution in [3.05, 3.63) is 58.2 Å². The molecule has 5 heteroatoms. The maximum atomic E-state index is 12.1. The first-order valence-electron chi connectivity index (χ1n) is 5.54. The van der Waals surface area contributed by atoms with Crippen molar-refractivity contribution in [2.24, 2.45) is 0 Å². The summed E-state index contributed by atoms with van der Waals surface area (Å²) in [6.45, 7) is 1.78. The molecule has 1 amide bonds. The quantitative estimate of drug-likeness (QED) is 0.912. The lowest BCUT2D eigenvalue weighted by atomic mass is 10.1. The van der Waals surface area contributed by atoms with Gasteiger partial charge in [0, 0.05) is 16.8 Å². The van der Waals surface area contributed by atoms with E-state index in [1.165, 1.54) is 6.20 Å². The normalized spacial score (nSPS) is 9.74. The number of aromatic nitrogens is 1. The minimum absolute atomic E-state index is 0.280. The summed E-state index contributed by atoms with van der Waals surface area (Å²) in [6, 6.07) is 10.3. The highest BCUT2D eigenvalue weighted by Gasteiger charge is 2.11. The predicted octanol–water partition coefficient (Wildman–Crippen LogP) is 3.17. The lowest BCUT2D eigenvalue weighted by Gasteiger charge is -2.08. The Morgan fingerprint density at radius 2 is 2.16 bits per heavy atom. The molecule has 0 saturated carbocycles. The van der Waals surface area contributed by atoms with Crippen molar-refractivity contribution in [3.8, 4) is 6.07 Å². The number of hydrogen-bond acceptors (Lipinski definition) is 3. The van der Waals surface area contributed by atoms with Crippen molar-refractivity contribution in [2.45, 2.75) is 6.92 Å². The van der Waals surface area contributed by atoms with Crippen LogP contribution in [0.5, 0.6) is 0 Å². The number of benzene rings is 1. The van der Waals surface area contributed by atoms with Crippen LogP contribution in [-0.2, 0) is 0 Å². The summed E-state index contributed by atoms with van der Waals surface area (Å²) < 4.78 is 0. The summed E-state index contributed by atoms with van der Waals surface area (Å²) >= 11 is 5.97. The summed E-state index contributed by atoms with van der Waals surface area (Å²) in [7, 11) is 0. The number of anilines is 1. The van der Waals surface area contributed by atoms with Crippen LogP contribution < -0.4 is 5.32 Å². The molecular formula is C14H10ClN3O. The fourth-order valence-corrected chi connectivity index (χ4v) is 1.75. The standard InChI is InChI=1S/C14H10ClN3O/c1-9-11(3-2-4-12(9)15)14(19)18-13-6-5-10(7-16)8-17-13/h2-6,8H,1H3,(H,17,18,19). The van der Waals surface area contributed by atoms with Gasteiger partial charge in [0.1, 0.15) is 11.9 Å². The molecule has 1 aromatic heterocycles. The fraction of sp³-hybridized carbons (Fsp3) is 0.0714. The monoisotopic (exact) mass is 271 g/mol. The molecule has 2 aromatic rings. The second kappa shape index (κ2) is 5.51. The van der Waals surface area contributed by atoms with E-state index in [1.807, 2.05) is 6.07 Å². The Morgan fingerprint density at radius 3 is 2.79 bits per heavy atom. The van der Waals surface area contributed by atoms with E-state index < -0.39 is 0 Å². The fourth-order valence-electron chi connectivity index (χ4n) is 1.57. The van der Waals surface area contributed by atoms with Crippen molar-refractivity contribution in [3.63, 3.8) is 0 Å². The molecule has 0 aliphatic heterocycles. The second-order valence-electron chi connectivity index (χ2n) is 3.91. The number of nitrogens with one attached hydrogen (secondary N) is 1. The van der Waals surface area contributed by atoms with Gasteiger partial charge in [0.15, 0.2) is 0 Å². The maximum absolute atomic E-state index is 12.1. The highest BCUT2D eigenvalue weighted by molar-refractivity contribution is 6.32. The molecule has 1 aromatic carbocycles. The highest BCUT2D eigenvalue weighted by Crippen LogP contribution is 2.19. The van der Waals surface area contributed by atoms with Crippen LogP contribution >= 0.6 is 11.6 Å². The lowest BCUT2D eigenvalue weighted by molar-refractivity contribution is 0.102. The van der Waals surface area contributed by atoms with Gasteiger partial charge in [-0.15, -0.1) is 0 Å². The number of rotatable bonds is 2. The van der Waals surface area contributed by atoms with Gasteiger partial charge >= 0.3 is 0 Å². The molecule has 0 atom stereocenters. The minimum atomic E-state index is -0.280. The molecule has 0 unspecified atom stereocenters. The third-order valence-electron chi connectivity index (χ3n) is 2.65. The summed E-state index contributed by atoms with van der Waals surface area (Å²) in [5, 5.41) is 11.9. The van der Waals surface area contributed by atoms with E-state index in [0.717, 1.165) is 5.56 Å². The van der Waals surface area contributed by atoms with Gasteiger partial charge in [0.2, 0.25) is 0 Å². The largest absolute Gasteiger partial charge is 0.307 e. The number of carbonyl (C=O) groups is 1. The van der Waals surface area contributed by atoms with Gasteiger partial charge in [-0.25, -0.2) is 4.98 Å². The Morgan fingerprint density at radius 1 is 1.37 bits per heavy atom. The van der Waals surface area contributed by atoms with Crippen molar-refractivity contribution in [2.75, 3.05) is 5.32 Å². The van der Waals surface area contributed by atoms with E-state index in [4.69, 9.17) is 16.9 Å². The van der Waals surface area contributed by atoms with Crippen molar-refractivity contribution in [1.82, 2.24) is 4.98 Å². The Balaban J connectivity index is 2.21. The maximum Gasteiger partial charge on any atom is 0.257 e. The Kier molecular flexibility index (Phi) is 3.79. The number of nitrogens with zero attached hydrogens (tertiary/aromatic N) is 2. The number of pyridine rings is 1. The molecule has 0 saturated heterocycles. The van der Waals surface area contributed by atoms with E-state index in [9.17, 15) is 4.79 Å². The topological polar surface area (TPSA) is 65.8 Å². The van der Waals surface area contributed by atoms with Crippen molar-refractivity contribution >= 4 is 23.3 Å². The van der Waals surface area contributed by atoms with E-state index in [0.29, 0.717) is 22.0 Å². The van der Waals surface area contributed by atoms with Gasteiger partial charge < -0.3 is 5.32 Å². The minimum Gasteiger partial charge on any atom is -0.307 e. The van der Waals surface area contributed by atoms with E-state index >= 15 is 0 Å². The van der Waals surface area contributed by atoms with Crippen LogP contribution in [0.1, 0.15) is 21.5 Å². The van der Waals surface area contributed by atoms with Crippen LogP contribution in [0.15, 0.2) is 36.5 Å². The Hall–Kier alpha value is -2.38. The van der Waals surface area contributed by atoms with Gasteiger partial charge in [-0.2, -0.15) is 5.26 Å². The smallest absolute Gasteiger partial charge is 0.257 e. The SMILES string of the molecule is Cc1c(Cl)cccc1C(=O)Nc1ccc(C#N)cn1. The average molecular weight is 272 g/mol. The van der Waals surface area contributed by atoms with Crippen LogP contribution in [0, 0.1) is 18.3 Å². The molecule has 0 radical (unpaired) electrons. The molecule has 0 aliphatic rings. The Labute approximate surface area is 115 Å². The van der Waals surface area contributed by atoms with Crippen LogP contribution in [0.3, 0.4) is 0 Å². The van der Waals surface area contributed by atoms with E-state index in [2.05, 4.69) is 10.3 Å². The van der Waals surface area contributed by atoms with Gasteiger partial charge in [0.05, 0.1) is 5.56 Å². The molecule has 0 aliphatic carbocycles. The number of nitriles is 1. The number of hydrogen-bond donors (Lipinski definition) is 1. The highest BCUT2D eigenvalue weighted by atomic mass is 35.5. The molecule has 4 nitrogen and oxygen atoms in total. The summed E-state index contributed by atoms with van der Waals surface area (Å²) in [4.78, 5) is 16.0. The van der Waals surface area contributed by atoms with Crippen molar-refractivity contribution in [1.29, 1.82) is 5.26 Å². The first-order valence-corrected chi connectivity index (χ1v) is 5.92. The van der Waals surface area contributed by atoms with Gasteiger partial charge in [0.25, 0.3) is 5.91 Å². The first kappa shape index (κ1) is 13.1. The molecule has 94 valence electrons. The zero-order chi connectivity index (χ0) is 13.8. The molecule has 1 N–H and O–H groups in total. The van der Waals surface area contributed by atoms with Crippen LogP contribution in [0.4, 0.5) is 5.82 Å². The van der Waals surface area contributed by atoms with Crippen molar-refractivity contribution < 1.29 is 4.79 Å². The van der Waals surface area contributed by atoms with E-state index in [1.54, 1.807) is 37.3 Å². The average Bonchev–Trinajstić information content (AvgIpc) is 2.42. The second-order valence-corrected chi connectivity index (χ2v) is 4.32. The molecule has 19 heavy (non-hydrogen) atoms. The van der Waals surface area contributed by atoms with Crippen LogP contribution in [0.25, 0.3) is 0 Å². The number of amides is 1. The molecule has 0 spiro atoms. The summed E-state index contributed by atoms with van der Waals surface area (Å²) in [5.41, 5.74) is 1.66. The van der Waals surface area contributed by atoms with E-state index in [-0.39, 0.29) is 5.91 Å². The zero-order valence-electron chi connectivity index (χ0n) is 10.1. The van der Waals surface area contributed by atoms with Crippen LogP contribution in [-0.4, -0.2) is 10.9 Å². The van der Waals surface area contributed by atoms with Crippen LogP contribution in [0.2, 0.25) is 5.02 Å². The first-order chi connectivity index (χ1) is 9.11.